The molecule has 1 fully saturated rings. The Labute approximate surface area is 91.2 Å². The van der Waals surface area contributed by atoms with Crippen molar-refractivity contribution in [2.75, 3.05) is 32.8 Å². The van der Waals surface area contributed by atoms with Gasteiger partial charge in [0.2, 0.25) is 0 Å². The van der Waals surface area contributed by atoms with Crippen LogP contribution >= 0.6 is 0 Å². The van der Waals surface area contributed by atoms with Gasteiger partial charge in [-0.3, -0.25) is 4.79 Å². The highest BCUT2D eigenvalue weighted by Crippen LogP contribution is 2.16. The third-order valence-electron chi connectivity index (χ3n) is 2.85. The van der Waals surface area contributed by atoms with Crippen LogP contribution in [0.15, 0.2) is 0 Å². The summed E-state index contributed by atoms with van der Waals surface area (Å²) in [7, 11) is 0. The summed E-state index contributed by atoms with van der Waals surface area (Å²) in [6.07, 6.45) is 1.03. The normalized spacial score (nSPS) is 24.1. The minimum Gasteiger partial charge on any atom is -0.466 e. The predicted octanol–water partition coefficient (Wildman–Crippen LogP) is 0.500. The summed E-state index contributed by atoms with van der Waals surface area (Å²) in [6.45, 7) is 7.05. The van der Waals surface area contributed by atoms with Gasteiger partial charge in [0.05, 0.1) is 12.5 Å². The molecule has 1 aliphatic heterocycles. The van der Waals surface area contributed by atoms with E-state index in [1.165, 1.54) is 0 Å². The summed E-state index contributed by atoms with van der Waals surface area (Å²) in [5.74, 6) is 0.201. The molecule has 4 heteroatoms. The topological polar surface area (TPSA) is 49.8 Å². The molecule has 0 spiro atoms. The maximum absolute atomic E-state index is 11.4. The Morgan fingerprint density at radius 3 is 2.93 bits per heavy atom. The molecule has 0 aromatic heterocycles. The second kappa shape index (κ2) is 6.08. The Morgan fingerprint density at radius 2 is 2.40 bits per heavy atom. The van der Waals surface area contributed by atoms with Crippen molar-refractivity contribution in [2.24, 2.45) is 11.8 Å². The van der Waals surface area contributed by atoms with Crippen LogP contribution in [-0.2, 0) is 9.53 Å². The van der Waals surface area contributed by atoms with E-state index in [1.54, 1.807) is 0 Å². The zero-order valence-electron chi connectivity index (χ0n) is 9.61. The van der Waals surface area contributed by atoms with Crippen molar-refractivity contribution < 1.29 is 14.6 Å². The lowest BCUT2D eigenvalue weighted by Gasteiger charge is -2.19. The number of esters is 1. The molecule has 0 amide bonds. The Bertz CT molecular complexity index is 208. The number of aliphatic hydroxyl groups excluding tert-OH is 1. The maximum atomic E-state index is 11.4. The summed E-state index contributed by atoms with van der Waals surface area (Å²) in [6, 6.07) is 0. The fourth-order valence-electron chi connectivity index (χ4n) is 1.97. The molecule has 0 radical (unpaired) electrons. The van der Waals surface area contributed by atoms with Gasteiger partial charge >= 0.3 is 5.97 Å². The summed E-state index contributed by atoms with van der Waals surface area (Å²) >= 11 is 0. The molecule has 2 atom stereocenters. The van der Waals surface area contributed by atoms with Crippen molar-refractivity contribution in [3.63, 3.8) is 0 Å². The van der Waals surface area contributed by atoms with Gasteiger partial charge in [-0.1, -0.05) is 6.92 Å². The Kier molecular flexibility index (Phi) is 5.05. The fraction of sp³-hybridized carbons (Fsp3) is 0.909. The van der Waals surface area contributed by atoms with E-state index >= 15 is 0 Å². The highest BCUT2D eigenvalue weighted by Gasteiger charge is 2.25. The van der Waals surface area contributed by atoms with Crippen molar-refractivity contribution in [3.8, 4) is 0 Å². The third-order valence-corrected chi connectivity index (χ3v) is 2.85. The van der Waals surface area contributed by atoms with Crippen LogP contribution in [-0.4, -0.2) is 48.8 Å². The van der Waals surface area contributed by atoms with Crippen LogP contribution in [0.5, 0.6) is 0 Å². The van der Waals surface area contributed by atoms with Gasteiger partial charge < -0.3 is 14.7 Å². The minimum absolute atomic E-state index is 0.0672. The first kappa shape index (κ1) is 12.5. The van der Waals surface area contributed by atoms with E-state index in [4.69, 9.17) is 9.84 Å². The summed E-state index contributed by atoms with van der Waals surface area (Å²) in [5.41, 5.74) is 0. The van der Waals surface area contributed by atoms with E-state index in [0.717, 1.165) is 26.1 Å². The van der Waals surface area contributed by atoms with Crippen LogP contribution in [0.2, 0.25) is 0 Å². The molecule has 1 aliphatic rings. The summed E-state index contributed by atoms with van der Waals surface area (Å²) in [5, 5.41) is 8.99. The van der Waals surface area contributed by atoms with Gasteiger partial charge in [-0.05, 0) is 25.8 Å². The van der Waals surface area contributed by atoms with Crippen LogP contribution in [0.4, 0.5) is 0 Å². The molecule has 0 aromatic carbocycles. The first-order chi connectivity index (χ1) is 7.17. The number of rotatable bonds is 5. The molecule has 0 aromatic rings. The largest absolute Gasteiger partial charge is 0.466 e. The molecular weight excluding hydrogens is 194 g/mol. The van der Waals surface area contributed by atoms with E-state index < -0.39 is 0 Å². The molecule has 4 nitrogen and oxygen atoms in total. The molecule has 15 heavy (non-hydrogen) atoms. The zero-order valence-corrected chi connectivity index (χ0v) is 9.61. The molecule has 1 rings (SSSR count). The van der Waals surface area contributed by atoms with E-state index in [2.05, 4.69) is 4.90 Å². The van der Waals surface area contributed by atoms with E-state index in [0.29, 0.717) is 12.5 Å². The van der Waals surface area contributed by atoms with Gasteiger partial charge in [0, 0.05) is 19.7 Å². The molecule has 0 aliphatic carbocycles. The first-order valence-corrected chi connectivity index (χ1v) is 5.67. The van der Waals surface area contributed by atoms with Crippen molar-refractivity contribution in [1.29, 1.82) is 0 Å². The highest BCUT2D eigenvalue weighted by molar-refractivity contribution is 5.72. The summed E-state index contributed by atoms with van der Waals surface area (Å²) in [4.78, 5) is 13.6. The molecule has 0 saturated carbocycles. The highest BCUT2D eigenvalue weighted by atomic mass is 16.5. The van der Waals surface area contributed by atoms with Crippen LogP contribution in [0.25, 0.3) is 0 Å². The zero-order chi connectivity index (χ0) is 11.3. The van der Waals surface area contributed by atoms with Crippen LogP contribution in [0, 0.1) is 11.8 Å². The molecule has 1 heterocycles. The maximum Gasteiger partial charge on any atom is 0.309 e. The Morgan fingerprint density at radius 1 is 1.67 bits per heavy atom. The van der Waals surface area contributed by atoms with Crippen LogP contribution in [0.1, 0.15) is 20.3 Å². The summed E-state index contributed by atoms with van der Waals surface area (Å²) < 4.78 is 4.95. The number of carbonyl (C=O) groups excluding carboxylic acids is 1. The number of ether oxygens (including phenoxy) is 1. The molecule has 0 bridgehead atoms. The van der Waals surface area contributed by atoms with Crippen molar-refractivity contribution in [1.82, 2.24) is 4.90 Å². The standard InChI is InChI=1S/C11H21NO3/c1-3-15-11(14)9(2)6-12-5-4-10(7-12)8-13/h9-10,13H,3-8H2,1-2H3. The van der Waals surface area contributed by atoms with Gasteiger partial charge in [0.1, 0.15) is 0 Å². The Balaban J connectivity index is 2.26. The smallest absolute Gasteiger partial charge is 0.309 e. The van der Waals surface area contributed by atoms with Gasteiger partial charge in [-0.2, -0.15) is 0 Å². The van der Waals surface area contributed by atoms with Crippen LogP contribution < -0.4 is 0 Å². The molecule has 88 valence electrons. The number of hydrogen-bond donors (Lipinski definition) is 1. The van der Waals surface area contributed by atoms with Gasteiger partial charge in [0.15, 0.2) is 0 Å². The first-order valence-electron chi connectivity index (χ1n) is 5.67. The number of carbonyl (C=O) groups is 1. The predicted molar refractivity (Wildman–Crippen MR) is 57.4 cm³/mol. The number of likely N-dealkylation sites (tertiary alicyclic amines) is 1. The van der Waals surface area contributed by atoms with E-state index in [-0.39, 0.29) is 18.5 Å². The van der Waals surface area contributed by atoms with Crippen molar-refractivity contribution in [3.05, 3.63) is 0 Å². The van der Waals surface area contributed by atoms with Crippen molar-refractivity contribution in [2.45, 2.75) is 20.3 Å². The molecule has 1 N–H and O–H groups in total. The number of aliphatic hydroxyl groups is 1. The van der Waals surface area contributed by atoms with Gasteiger partial charge in [-0.25, -0.2) is 0 Å². The molecule has 1 saturated heterocycles. The third kappa shape index (κ3) is 3.80. The second-order valence-corrected chi connectivity index (χ2v) is 4.25. The Hall–Kier alpha value is -0.610. The average Bonchev–Trinajstić information content (AvgIpc) is 2.66. The molecule has 2 unspecified atom stereocenters. The lowest BCUT2D eigenvalue weighted by molar-refractivity contribution is -0.147. The molecular formula is C11H21NO3. The van der Waals surface area contributed by atoms with Crippen LogP contribution in [0.3, 0.4) is 0 Å². The quantitative estimate of drug-likeness (QED) is 0.678. The SMILES string of the molecule is CCOC(=O)C(C)CN1CCC(CO)C1. The average molecular weight is 215 g/mol. The lowest BCUT2D eigenvalue weighted by atomic mass is 10.1. The van der Waals surface area contributed by atoms with E-state index in [1.807, 2.05) is 13.8 Å². The van der Waals surface area contributed by atoms with Gasteiger partial charge in [0.25, 0.3) is 0 Å². The fourth-order valence-corrected chi connectivity index (χ4v) is 1.97. The number of nitrogens with zero attached hydrogens (tertiary/aromatic N) is 1. The van der Waals surface area contributed by atoms with Crippen molar-refractivity contribution >= 4 is 5.97 Å². The van der Waals surface area contributed by atoms with E-state index in [9.17, 15) is 4.79 Å². The lowest BCUT2D eigenvalue weighted by Crippen LogP contribution is -2.31. The van der Waals surface area contributed by atoms with Gasteiger partial charge in [-0.15, -0.1) is 0 Å². The monoisotopic (exact) mass is 215 g/mol. The second-order valence-electron chi connectivity index (χ2n) is 4.25. The number of hydrogen-bond acceptors (Lipinski definition) is 4. The minimum atomic E-state index is -0.120.